The Labute approximate surface area is 119 Å². The molecule has 0 aliphatic carbocycles. The molecule has 3 rings (SSSR count). The van der Waals surface area contributed by atoms with Gasteiger partial charge in [0.2, 0.25) is 0 Å². The van der Waals surface area contributed by atoms with Gasteiger partial charge >= 0.3 is 0 Å². The Balaban J connectivity index is 1.57. The lowest BCUT2D eigenvalue weighted by Crippen LogP contribution is -2.45. The molecule has 0 aromatic carbocycles. The normalized spacial score (nSPS) is 16.1. The van der Waals surface area contributed by atoms with E-state index >= 15 is 0 Å². The molecule has 0 bridgehead atoms. The van der Waals surface area contributed by atoms with Crippen LogP contribution in [0.3, 0.4) is 0 Å². The highest BCUT2D eigenvalue weighted by atomic mass is 15.5. The van der Waals surface area contributed by atoms with Gasteiger partial charge in [0.1, 0.15) is 13.1 Å². The molecule has 1 fully saturated rings. The minimum Gasteiger partial charge on any atom is -0.350 e. The lowest BCUT2D eigenvalue weighted by Gasteiger charge is -2.28. The molecule has 1 saturated heterocycles. The monoisotopic (exact) mass is 270 g/mol. The van der Waals surface area contributed by atoms with Gasteiger partial charge in [-0.15, -0.1) is 0 Å². The van der Waals surface area contributed by atoms with Crippen LogP contribution in [-0.2, 0) is 7.05 Å². The standard InChI is InChI=1S/C15H19N5/c1-18-8-4-5-14(18)13-17-20-11-9-19(10-12-20)15-6-2-3-7-16-15/h2-8,13H,9-12H2,1H3/p+1. The van der Waals surface area contributed by atoms with Crippen molar-refractivity contribution in [1.29, 1.82) is 0 Å². The number of aromatic amines is 1. The molecule has 5 heteroatoms. The number of H-pyrrole nitrogens is 1. The fourth-order valence-corrected chi connectivity index (χ4v) is 2.38. The van der Waals surface area contributed by atoms with Crippen LogP contribution >= 0.6 is 0 Å². The molecule has 1 N–H and O–H groups in total. The van der Waals surface area contributed by atoms with Crippen molar-refractivity contribution in [3.63, 3.8) is 0 Å². The van der Waals surface area contributed by atoms with Crippen LogP contribution in [0.25, 0.3) is 0 Å². The summed E-state index contributed by atoms with van der Waals surface area (Å²) in [6.45, 7) is 3.88. The van der Waals surface area contributed by atoms with Gasteiger partial charge in [0.25, 0.3) is 5.82 Å². The van der Waals surface area contributed by atoms with Gasteiger partial charge in [-0.1, -0.05) is 6.07 Å². The molecule has 2 aromatic heterocycles. The molecule has 20 heavy (non-hydrogen) atoms. The van der Waals surface area contributed by atoms with Crippen LogP contribution < -0.4 is 9.88 Å². The minimum absolute atomic E-state index is 0.948. The van der Waals surface area contributed by atoms with Crippen molar-refractivity contribution in [3.8, 4) is 0 Å². The Morgan fingerprint density at radius 1 is 1.10 bits per heavy atom. The molecule has 0 radical (unpaired) electrons. The van der Waals surface area contributed by atoms with Gasteiger partial charge in [0, 0.05) is 19.3 Å². The number of hydrogen-bond acceptors (Lipinski definition) is 3. The summed E-state index contributed by atoms with van der Waals surface area (Å²) in [4.78, 5) is 5.64. The topological polar surface area (TPSA) is 37.9 Å². The van der Waals surface area contributed by atoms with E-state index in [1.807, 2.05) is 37.8 Å². The molecule has 0 atom stereocenters. The lowest BCUT2D eigenvalue weighted by molar-refractivity contribution is -0.364. The van der Waals surface area contributed by atoms with Crippen molar-refractivity contribution in [1.82, 2.24) is 9.58 Å². The van der Waals surface area contributed by atoms with E-state index in [0.29, 0.717) is 0 Å². The van der Waals surface area contributed by atoms with Crippen molar-refractivity contribution >= 4 is 12.0 Å². The zero-order valence-corrected chi connectivity index (χ0v) is 11.7. The van der Waals surface area contributed by atoms with E-state index in [-0.39, 0.29) is 0 Å². The average molecular weight is 270 g/mol. The molecule has 104 valence electrons. The van der Waals surface area contributed by atoms with Gasteiger partial charge in [0.05, 0.1) is 31.2 Å². The molecular formula is C15H20N5+. The number of aromatic nitrogens is 2. The summed E-state index contributed by atoms with van der Waals surface area (Å²) in [7, 11) is 2.03. The molecule has 2 aromatic rings. The van der Waals surface area contributed by atoms with Crippen LogP contribution in [0.15, 0.2) is 47.8 Å². The second kappa shape index (κ2) is 5.77. The van der Waals surface area contributed by atoms with Crippen molar-refractivity contribution in [2.45, 2.75) is 0 Å². The number of pyridine rings is 1. The molecule has 0 amide bonds. The highest BCUT2D eigenvalue weighted by molar-refractivity contribution is 5.77. The van der Waals surface area contributed by atoms with Crippen LogP contribution in [0.4, 0.5) is 5.82 Å². The Hall–Kier alpha value is -2.30. The highest BCUT2D eigenvalue weighted by Gasteiger charge is 2.21. The maximum atomic E-state index is 4.57. The van der Waals surface area contributed by atoms with Gasteiger partial charge < -0.3 is 4.57 Å². The maximum Gasteiger partial charge on any atom is 0.274 e. The fraction of sp³-hybridized carbons (Fsp3) is 0.333. The van der Waals surface area contributed by atoms with Crippen LogP contribution in [0.2, 0.25) is 0 Å². The molecule has 3 heterocycles. The Kier molecular flexibility index (Phi) is 3.67. The molecular weight excluding hydrogens is 250 g/mol. The van der Waals surface area contributed by atoms with Crippen molar-refractivity contribution in [3.05, 3.63) is 48.4 Å². The van der Waals surface area contributed by atoms with Gasteiger partial charge in [-0.3, -0.25) is 9.91 Å². The van der Waals surface area contributed by atoms with Gasteiger partial charge in [-0.2, -0.15) is 5.10 Å². The van der Waals surface area contributed by atoms with Crippen molar-refractivity contribution in [2.75, 3.05) is 31.1 Å². The van der Waals surface area contributed by atoms with Gasteiger partial charge in [0.15, 0.2) is 0 Å². The first-order valence-electron chi connectivity index (χ1n) is 6.95. The third-order valence-electron chi connectivity index (χ3n) is 3.63. The van der Waals surface area contributed by atoms with E-state index < -0.39 is 0 Å². The summed E-state index contributed by atoms with van der Waals surface area (Å²) in [5.74, 6) is 1.18. The molecule has 5 nitrogen and oxygen atoms in total. The van der Waals surface area contributed by atoms with E-state index in [0.717, 1.165) is 31.9 Å². The molecule has 0 spiro atoms. The third kappa shape index (κ3) is 2.82. The number of hydrogen-bond donors (Lipinski definition) is 0. The largest absolute Gasteiger partial charge is 0.350 e. The zero-order valence-electron chi connectivity index (χ0n) is 11.7. The van der Waals surface area contributed by atoms with Gasteiger partial charge in [-0.05, 0) is 18.2 Å². The summed E-state index contributed by atoms with van der Waals surface area (Å²) >= 11 is 0. The lowest BCUT2D eigenvalue weighted by atomic mass is 10.3. The van der Waals surface area contributed by atoms with E-state index in [1.165, 1.54) is 5.82 Å². The number of aryl methyl sites for hydroxylation is 1. The second-order valence-electron chi connectivity index (χ2n) is 4.98. The molecule has 1 aliphatic heterocycles. The van der Waals surface area contributed by atoms with Gasteiger partial charge in [-0.25, -0.2) is 4.98 Å². The van der Waals surface area contributed by atoms with Crippen molar-refractivity contribution < 1.29 is 4.98 Å². The Bertz CT molecular complexity index is 567. The van der Waals surface area contributed by atoms with E-state index in [9.17, 15) is 0 Å². The third-order valence-corrected chi connectivity index (χ3v) is 3.63. The molecule has 1 aliphatic rings. The van der Waals surface area contributed by atoms with Crippen LogP contribution in [0.1, 0.15) is 5.69 Å². The minimum atomic E-state index is 0.948. The van der Waals surface area contributed by atoms with Crippen LogP contribution in [0, 0.1) is 0 Å². The van der Waals surface area contributed by atoms with E-state index in [1.54, 1.807) is 0 Å². The van der Waals surface area contributed by atoms with Crippen LogP contribution in [0.5, 0.6) is 0 Å². The number of rotatable bonds is 3. The predicted molar refractivity (Wildman–Crippen MR) is 79.8 cm³/mol. The van der Waals surface area contributed by atoms with Crippen LogP contribution in [-0.4, -0.2) is 42.0 Å². The summed E-state index contributed by atoms with van der Waals surface area (Å²) in [6, 6.07) is 10.3. The Morgan fingerprint density at radius 3 is 2.60 bits per heavy atom. The zero-order chi connectivity index (χ0) is 13.8. The Morgan fingerprint density at radius 2 is 1.95 bits per heavy atom. The molecule has 0 saturated carbocycles. The average Bonchev–Trinajstić information content (AvgIpc) is 2.92. The number of nitrogens with zero attached hydrogens (tertiary/aromatic N) is 4. The molecule has 0 unspecified atom stereocenters. The summed E-state index contributed by atoms with van der Waals surface area (Å²) in [5, 5.41) is 6.70. The number of nitrogens with one attached hydrogen (secondary N) is 1. The quantitative estimate of drug-likeness (QED) is 0.780. The number of piperazine rings is 1. The van der Waals surface area contributed by atoms with Crippen molar-refractivity contribution in [2.24, 2.45) is 12.1 Å². The van der Waals surface area contributed by atoms with E-state index in [4.69, 9.17) is 0 Å². The fourth-order valence-electron chi connectivity index (χ4n) is 2.38. The first kappa shape index (κ1) is 12.7. The first-order valence-corrected chi connectivity index (χ1v) is 6.95. The summed E-state index contributed by atoms with van der Waals surface area (Å²) in [5.41, 5.74) is 1.13. The second-order valence-corrected chi connectivity index (χ2v) is 4.98. The summed E-state index contributed by atoms with van der Waals surface area (Å²) in [6.07, 6.45) is 5.93. The van der Waals surface area contributed by atoms with E-state index in [2.05, 4.69) is 42.8 Å². The maximum absolute atomic E-state index is 4.57. The SMILES string of the molecule is Cn1cccc1C=NN1CCN(c2cccc[nH+]2)CC1. The highest BCUT2D eigenvalue weighted by Crippen LogP contribution is 2.10. The smallest absolute Gasteiger partial charge is 0.274 e. The first-order chi connectivity index (χ1) is 9.83. The number of anilines is 1. The summed E-state index contributed by atoms with van der Waals surface area (Å²) < 4.78 is 2.07. The predicted octanol–water partition coefficient (Wildman–Crippen LogP) is 0.995. The number of hydrazone groups is 1.